The molecule has 2 aliphatic rings. The number of piperidine rings is 1. The van der Waals surface area contributed by atoms with Gasteiger partial charge < -0.3 is 9.47 Å². The zero-order valence-corrected chi connectivity index (χ0v) is 14.1. The molecule has 25 heavy (non-hydrogen) atoms. The number of hydrogen-bond donors (Lipinski definition) is 0. The third-order valence-electron chi connectivity index (χ3n) is 5.18. The van der Waals surface area contributed by atoms with Gasteiger partial charge in [0.1, 0.15) is 0 Å². The largest absolute Gasteiger partial charge is 0.475 e. The van der Waals surface area contributed by atoms with Gasteiger partial charge in [-0.1, -0.05) is 6.07 Å². The van der Waals surface area contributed by atoms with E-state index in [1.54, 1.807) is 12.3 Å². The highest BCUT2D eigenvalue weighted by molar-refractivity contribution is 5.13. The minimum Gasteiger partial charge on any atom is -0.475 e. The predicted molar refractivity (Wildman–Crippen MR) is 90.6 cm³/mol. The zero-order chi connectivity index (χ0) is 17.1. The molecule has 2 aromatic heterocycles. The van der Waals surface area contributed by atoms with Crippen LogP contribution in [0.4, 0.5) is 4.39 Å². The lowest BCUT2D eigenvalue weighted by molar-refractivity contribution is -0.0428. The summed E-state index contributed by atoms with van der Waals surface area (Å²) in [6.45, 7) is 3.80. The van der Waals surface area contributed by atoms with Gasteiger partial charge in [0.25, 0.3) is 0 Å². The van der Waals surface area contributed by atoms with Crippen molar-refractivity contribution in [3.63, 3.8) is 0 Å². The number of rotatable bonds is 5. The molecular formula is C19H22FN3O2. The predicted octanol–water partition coefficient (Wildman–Crippen LogP) is 2.68. The van der Waals surface area contributed by atoms with Crippen molar-refractivity contribution in [1.29, 1.82) is 0 Å². The Balaban J connectivity index is 1.46. The summed E-state index contributed by atoms with van der Waals surface area (Å²) >= 11 is 0. The van der Waals surface area contributed by atoms with Crippen molar-refractivity contribution in [2.45, 2.75) is 25.5 Å². The molecule has 0 spiro atoms. The maximum absolute atomic E-state index is 13.8. The first-order valence-corrected chi connectivity index (χ1v) is 8.72. The van der Waals surface area contributed by atoms with Gasteiger partial charge in [-0.3, -0.25) is 9.88 Å². The molecule has 132 valence electrons. The van der Waals surface area contributed by atoms with E-state index in [0.29, 0.717) is 6.61 Å². The Bertz CT molecular complexity index is 715. The number of pyridine rings is 2. The first-order chi connectivity index (χ1) is 12.3. The zero-order valence-electron chi connectivity index (χ0n) is 14.1. The van der Waals surface area contributed by atoms with Gasteiger partial charge >= 0.3 is 0 Å². The smallest absolute Gasteiger partial charge is 0.250 e. The fraction of sp³-hybridized carbons (Fsp3) is 0.474. The van der Waals surface area contributed by atoms with E-state index in [0.717, 1.165) is 44.8 Å². The summed E-state index contributed by atoms with van der Waals surface area (Å²) in [5, 5.41) is 0. The van der Waals surface area contributed by atoms with Gasteiger partial charge in [0, 0.05) is 44.0 Å². The molecule has 0 saturated carbocycles. The normalized spacial score (nSPS) is 26.4. The van der Waals surface area contributed by atoms with Crippen molar-refractivity contribution in [3.8, 4) is 5.88 Å². The minimum absolute atomic E-state index is 0.0735. The number of halogens is 1. The lowest BCUT2D eigenvalue weighted by atomic mass is 9.77. The topological polar surface area (TPSA) is 47.5 Å². The highest BCUT2D eigenvalue weighted by Crippen LogP contribution is 2.41. The van der Waals surface area contributed by atoms with Crippen molar-refractivity contribution < 1.29 is 13.9 Å². The molecule has 5 nitrogen and oxygen atoms in total. The van der Waals surface area contributed by atoms with Crippen molar-refractivity contribution in [2.75, 3.05) is 26.3 Å². The molecule has 0 radical (unpaired) electrons. The van der Waals surface area contributed by atoms with Crippen LogP contribution in [0.25, 0.3) is 0 Å². The average molecular weight is 343 g/mol. The Labute approximate surface area is 146 Å². The molecule has 2 aromatic rings. The molecule has 0 unspecified atom stereocenters. The summed E-state index contributed by atoms with van der Waals surface area (Å²) in [7, 11) is 0. The van der Waals surface area contributed by atoms with E-state index >= 15 is 0 Å². The van der Waals surface area contributed by atoms with Crippen LogP contribution in [0.5, 0.6) is 5.88 Å². The molecule has 0 bridgehead atoms. The Hall–Kier alpha value is -2.05. The number of hydrogen-bond acceptors (Lipinski definition) is 5. The van der Waals surface area contributed by atoms with Gasteiger partial charge in [-0.25, -0.2) is 9.37 Å². The molecule has 0 aliphatic carbocycles. The summed E-state index contributed by atoms with van der Waals surface area (Å²) in [6.07, 6.45) is 5.42. The quantitative estimate of drug-likeness (QED) is 0.835. The third kappa shape index (κ3) is 3.50. The van der Waals surface area contributed by atoms with Crippen molar-refractivity contribution in [2.24, 2.45) is 5.41 Å². The summed E-state index contributed by atoms with van der Waals surface area (Å²) < 4.78 is 25.5. The maximum Gasteiger partial charge on any atom is 0.250 e. The van der Waals surface area contributed by atoms with Crippen LogP contribution in [0.2, 0.25) is 0 Å². The molecule has 0 amide bonds. The molecule has 0 aromatic carbocycles. The highest BCUT2D eigenvalue weighted by Gasteiger charge is 2.48. The second-order valence-electron chi connectivity index (χ2n) is 6.87. The molecule has 4 heterocycles. The Kier molecular flexibility index (Phi) is 4.63. The third-order valence-corrected chi connectivity index (χ3v) is 5.18. The molecule has 2 fully saturated rings. The van der Waals surface area contributed by atoms with Crippen LogP contribution in [0.3, 0.4) is 0 Å². The van der Waals surface area contributed by atoms with Crippen molar-refractivity contribution >= 4 is 0 Å². The molecule has 0 N–H and O–H groups in total. The summed E-state index contributed by atoms with van der Waals surface area (Å²) in [5.41, 5.74) is 0.948. The van der Waals surface area contributed by atoms with Gasteiger partial charge in [-0.2, -0.15) is 0 Å². The van der Waals surface area contributed by atoms with Gasteiger partial charge in [0.2, 0.25) is 5.88 Å². The number of aromatic nitrogens is 2. The number of ether oxygens (including phenoxy) is 2. The Morgan fingerprint density at radius 2 is 2.16 bits per heavy atom. The van der Waals surface area contributed by atoms with Crippen LogP contribution in [-0.4, -0.2) is 47.3 Å². The highest BCUT2D eigenvalue weighted by atomic mass is 19.1. The van der Waals surface area contributed by atoms with Crippen LogP contribution in [0.1, 0.15) is 18.5 Å². The van der Waals surface area contributed by atoms with Gasteiger partial charge in [-0.15, -0.1) is 0 Å². The monoisotopic (exact) mass is 343 g/mol. The van der Waals surface area contributed by atoms with Gasteiger partial charge in [0.05, 0.1) is 18.4 Å². The van der Waals surface area contributed by atoms with E-state index in [4.69, 9.17) is 9.47 Å². The molecule has 2 aliphatic heterocycles. The second kappa shape index (κ2) is 7.06. The lowest BCUT2D eigenvalue weighted by Gasteiger charge is -2.43. The second-order valence-corrected chi connectivity index (χ2v) is 6.87. The van der Waals surface area contributed by atoms with E-state index < -0.39 is 5.82 Å². The van der Waals surface area contributed by atoms with Gasteiger partial charge in [-0.05, 0) is 37.1 Å². The van der Waals surface area contributed by atoms with E-state index in [-0.39, 0.29) is 17.4 Å². The molecule has 4 rings (SSSR count). The van der Waals surface area contributed by atoms with Crippen LogP contribution >= 0.6 is 0 Å². The molecular weight excluding hydrogens is 321 g/mol. The molecule has 6 heteroatoms. The fourth-order valence-electron chi connectivity index (χ4n) is 3.89. The molecule has 2 atom stereocenters. The van der Waals surface area contributed by atoms with E-state index in [1.807, 2.05) is 24.4 Å². The van der Waals surface area contributed by atoms with Gasteiger partial charge in [0.15, 0.2) is 5.82 Å². The van der Waals surface area contributed by atoms with Crippen LogP contribution in [0.15, 0.2) is 42.7 Å². The van der Waals surface area contributed by atoms with Crippen LogP contribution < -0.4 is 4.74 Å². The first kappa shape index (κ1) is 16.4. The van der Waals surface area contributed by atoms with Crippen LogP contribution in [-0.2, 0) is 11.3 Å². The van der Waals surface area contributed by atoms with E-state index in [9.17, 15) is 4.39 Å². The number of fused-ring (bicyclic) bond motifs is 1. The Morgan fingerprint density at radius 3 is 3.00 bits per heavy atom. The van der Waals surface area contributed by atoms with Crippen LogP contribution in [0, 0.1) is 11.2 Å². The maximum atomic E-state index is 13.8. The number of likely N-dealkylation sites (tertiary alicyclic amines) is 1. The lowest BCUT2D eigenvalue weighted by Crippen LogP contribution is -2.52. The fourth-order valence-corrected chi connectivity index (χ4v) is 3.89. The van der Waals surface area contributed by atoms with E-state index in [2.05, 4.69) is 14.9 Å². The average Bonchev–Trinajstić information content (AvgIpc) is 3.05. The first-order valence-electron chi connectivity index (χ1n) is 8.72. The molecule has 2 saturated heterocycles. The van der Waals surface area contributed by atoms with Crippen molar-refractivity contribution in [1.82, 2.24) is 14.9 Å². The standard InChI is InChI=1S/C19H22FN3O2/c20-16-5-3-9-22-18(16)25-14-19-7-11-24-17(19)6-10-23(13-19)12-15-4-1-2-8-21-15/h1-5,8-9,17H,6-7,10-14H2/t17-,19-/m0/s1. The number of nitrogens with zero attached hydrogens (tertiary/aromatic N) is 3. The SMILES string of the molecule is Fc1cccnc1OC[C@@]12CCO[C@H]1CCN(Cc1ccccn1)C2. The summed E-state index contributed by atoms with van der Waals surface area (Å²) in [6, 6.07) is 8.92. The van der Waals surface area contributed by atoms with Crippen molar-refractivity contribution in [3.05, 3.63) is 54.2 Å². The Morgan fingerprint density at radius 1 is 1.24 bits per heavy atom. The summed E-state index contributed by atoms with van der Waals surface area (Å²) in [4.78, 5) is 10.8. The summed E-state index contributed by atoms with van der Waals surface area (Å²) in [5.74, 6) is -0.347. The minimum atomic E-state index is -0.421. The van der Waals surface area contributed by atoms with E-state index in [1.165, 1.54) is 6.07 Å².